The molecule has 2 unspecified atom stereocenters. The van der Waals surface area contributed by atoms with Crippen molar-refractivity contribution in [2.75, 3.05) is 26.4 Å². The van der Waals surface area contributed by atoms with Crippen LogP contribution in [0.3, 0.4) is 0 Å². The van der Waals surface area contributed by atoms with Gasteiger partial charge in [0.2, 0.25) is 0 Å². The third-order valence-corrected chi connectivity index (χ3v) is 14.5. The highest BCUT2D eigenvalue weighted by Gasteiger charge is 2.39. The normalized spacial score (nSPS) is 19.1. The lowest BCUT2D eigenvalue weighted by molar-refractivity contribution is -0.161. The number of Topliss-reactive ketones (excluding diaryl/α,β-unsaturated/α-hetero) is 1. The average molecular weight is 1030 g/mol. The van der Waals surface area contributed by atoms with Crippen molar-refractivity contribution in [3.63, 3.8) is 0 Å². The first-order valence-electron chi connectivity index (χ1n) is 26.9. The molecule has 0 saturated heterocycles. The molecular formula is C51H96O16P2. The Bertz CT molecular complexity index is 1440. The Kier molecular flexibility index (Phi) is 38.8. The highest BCUT2D eigenvalue weighted by molar-refractivity contribution is 7.47. The molecule has 0 radical (unpaired) electrons. The number of rotatable bonds is 47. The molecule has 0 aromatic rings. The van der Waals surface area contributed by atoms with Gasteiger partial charge in [-0.05, 0) is 37.5 Å². The van der Waals surface area contributed by atoms with Crippen LogP contribution in [0, 0.1) is 17.8 Å². The second-order valence-electron chi connectivity index (χ2n) is 19.5. The molecule has 69 heavy (non-hydrogen) atoms. The maximum Gasteiger partial charge on any atom is 0.472 e. The van der Waals surface area contributed by atoms with Crippen LogP contribution in [0.15, 0.2) is 12.2 Å². The highest BCUT2D eigenvalue weighted by atomic mass is 31.2. The molecule has 16 nitrogen and oxygen atoms in total. The Morgan fingerprint density at radius 2 is 1.12 bits per heavy atom. The average Bonchev–Trinajstić information content (AvgIpc) is 3.57. The summed E-state index contributed by atoms with van der Waals surface area (Å²) in [5, 5.41) is 30.6. The summed E-state index contributed by atoms with van der Waals surface area (Å²) in [6.45, 7) is 3.82. The van der Waals surface area contributed by atoms with E-state index in [9.17, 15) is 43.7 Å². The first kappa shape index (κ1) is 65.5. The van der Waals surface area contributed by atoms with Crippen LogP contribution in [0.5, 0.6) is 0 Å². The molecule has 0 spiro atoms. The standard InChI is InChI=1S/C51H96O16P2/c1-4-6-25-31-43(52)35-36-47-46(48(54)37-49(47)55)32-27-23-24-29-34-51(57)67-45(41-66-69(61,62)65-39-44(53)38-64-68(58,59)60)40-63-50(56)33-28-22-20-18-16-14-12-10-8-7-9-11-13-15-17-19-21-26-30-42(3)5-2/h35-36,42-48,52-54H,4-34,37-41H2,1-3H3,(H,61,62)(H2,58,59,60)/b36-35+/t42?,43-,44-,45+,46+,47+,48-/m0/s1. The number of aliphatic hydroxyl groups is 3. The van der Waals surface area contributed by atoms with Crippen molar-refractivity contribution in [3.05, 3.63) is 12.2 Å². The molecule has 1 aliphatic rings. The van der Waals surface area contributed by atoms with Gasteiger partial charge >= 0.3 is 27.6 Å². The Labute approximate surface area is 415 Å². The summed E-state index contributed by atoms with van der Waals surface area (Å²) in [6, 6.07) is 0. The van der Waals surface area contributed by atoms with E-state index < -0.39 is 84.3 Å². The molecule has 8 atom stereocenters. The number of carbonyl (C=O) groups is 3. The monoisotopic (exact) mass is 1030 g/mol. The van der Waals surface area contributed by atoms with Gasteiger partial charge in [-0.2, -0.15) is 0 Å². The van der Waals surface area contributed by atoms with Crippen molar-refractivity contribution in [2.24, 2.45) is 17.8 Å². The van der Waals surface area contributed by atoms with Crippen LogP contribution in [0.4, 0.5) is 0 Å². The molecule has 0 aliphatic heterocycles. The summed E-state index contributed by atoms with van der Waals surface area (Å²) in [5.41, 5.74) is 0. The van der Waals surface area contributed by atoms with E-state index >= 15 is 0 Å². The highest BCUT2D eigenvalue weighted by Crippen LogP contribution is 2.44. The number of allylic oxidation sites excluding steroid dienone is 1. The fourth-order valence-corrected chi connectivity index (χ4v) is 9.74. The fraction of sp³-hybridized carbons (Fsp3) is 0.902. The van der Waals surface area contributed by atoms with E-state index in [-0.39, 0.29) is 31.0 Å². The van der Waals surface area contributed by atoms with Crippen molar-refractivity contribution < 1.29 is 76.6 Å². The number of aliphatic hydroxyl groups excluding tert-OH is 3. The van der Waals surface area contributed by atoms with Gasteiger partial charge in [0.25, 0.3) is 0 Å². The van der Waals surface area contributed by atoms with Gasteiger partial charge in [-0.3, -0.25) is 28.0 Å². The lowest BCUT2D eigenvalue weighted by Gasteiger charge is -2.20. The fourth-order valence-electron chi connectivity index (χ4n) is 8.58. The molecule has 0 aromatic carbocycles. The van der Waals surface area contributed by atoms with Crippen LogP contribution in [0.2, 0.25) is 0 Å². The smallest absolute Gasteiger partial charge is 0.462 e. The predicted molar refractivity (Wildman–Crippen MR) is 268 cm³/mol. The van der Waals surface area contributed by atoms with Gasteiger partial charge in [0.1, 0.15) is 18.5 Å². The summed E-state index contributed by atoms with van der Waals surface area (Å²) < 4.78 is 48.0. The molecule has 0 aromatic heterocycles. The number of ketones is 1. The largest absolute Gasteiger partial charge is 0.472 e. The summed E-state index contributed by atoms with van der Waals surface area (Å²) >= 11 is 0. The molecule has 18 heteroatoms. The minimum Gasteiger partial charge on any atom is -0.462 e. The lowest BCUT2D eigenvalue weighted by Crippen LogP contribution is -2.30. The van der Waals surface area contributed by atoms with E-state index in [0.29, 0.717) is 38.5 Å². The van der Waals surface area contributed by atoms with E-state index in [1.54, 1.807) is 12.2 Å². The third kappa shape index (κ3) is 37.8. The molecule has 0 heterocycles. The first-order chi connectivity index (χ1) is 33.0. The molecule has 0 amide bonds. The molecule has 1 saturated carbocycles. The van der Waals surface area contributed by atoms with Crippen LogP contribution < -0.4 is 0 Å². The van der Waals surface area contributed by atoms with Gasteiger partial charge in [-0.25, -0.2) is 9.13 Å². The van der Waals surface area contributed by atoms with Crippen molar-refractivity contribution in [3.8, 4) is 0 Å². The minimum absolute atomic E-state index is 0.00558. The number of hydrogen-bond acceptors (Lipinski definition) is 13. The zero-order valence-corrected chi connectivity index (χ0v) is 44.6. The van der Waals surface area contributed by atoms with Gasteiger partial charge in [0.15, 0.2) is 6.10 Å². The van der Waals surface area contributed by atoms with Crippen molar-refractivity contribution in [2.45, 2.75) is 251 Å². The Hall–Kier alpha value is -1.55. The van der Waals surface area contributed by atoms with Crippen molar-refractivity contribution in [1.29, 1.82) is 0 Å². The predicted octanol–water partition coefficient (Wildman–Crippen LogP) is 11.3. The molecule has 406 valence electrons. The van der Waals surface area contributed by atoms with Crippen LogP contribution in [-0.2, 0) is 46.6 Å². The van der Waals surface area contributed by atoms with E-state index in [4.69, 9.17) is 28.3 Å². The second-order valence-corrected chi connectivity index (χ2v) is 22.2. The number of phosphoric ester groups is 2. The quantitative estimate of drug-likeness (QED) is 0.0143. The maximum atomic E-state index is 12.9. The molecule has 1 fully saturated rings. The Balaban J connectivity index is 2.41. The number of hydrogen-bond donors (Lipinski definition) is 6. The van der Waals surface area contributed by atoms with Crippen molar-refractivity contribution >= 4 is 33.4 Å². The Morgan fingerprint density at radius 1 is 0.638 bits per heavy atom. The van der Waals surface area contributed by atoms with E-state index in [1.807, 2.05) is 0 Å². The van der Waals surface area contributed by atoms with E-state index in [0.717, 1.165) is 50.9 Å². The second kappa shape index (κ2) is 40.9. The molecule has 1 rings (SSSR count). The van der Waals surface area contributed by atoms with Gasteiger partial charge in [-0.15, -0.1) is 0 Å². The van der Waals surface area contributed by atoms with Gasteiger partial charge < -0.3 is 39.5 Å². The summed E-state index contributed by atoms with van der Waals surface area (Å²) in [4.78, 5) is 65.8. The summed E-state index contributed by atoms with van der Waals surface area (Å²) in [5.74, 6) is -1.02. The SMILES string of the molecule is CCCCC[C@H](O)/C=C/[C@H]1C(=O)C[C@H](O)[C@@H]1CCCCCCC(=O)O[C@H](COC(=O)CCCCCCCCCCCCCCCCCCCCC(C)CC)COP(=O)(O)OC[C@@H](O)COP(=O)(O)O. The third-order valence-electron chi connectivity index (χ3n) is 13.1. The number of esters is 2. The molecular weight excluding hydrogens is 930 g/mol. The topological polar surface area (TPSA) is 253 Å². The number of phosphoric acid groups is 2. The number of carbonyl (C=O) groups excluding carboxylic acids is 3. The summed E-state index contributed by atoms with van der Waals surface area (Å²) in [7, 11) is -9.78. The summed E-state index contributed by atoms with van der Waals surface area (Å²) in [6.07, 6.45) is 30.9. The molecule has 0 bridgehead atoms. The van der Waals surface area contributed by atoms with Crippen LogP contribution >= 0.6 is 15.6 Å². The molecule has 6 N–H and O–H groups in total. The van der Waals surface area contributed by atoms with Gasteiger partial charge in [-0.1, -0.05) is 193 Å². The molecule has 1 aliphatic carbocycles. The Morgan fingerprint density at radius 3 is 1.65 bits per heavy atom. The zero-order valence-electron chi connectivity index (χ0n) is 42.8. The maximum absolute atomic E-state index is 12.9. The van der Waals surface area contributed by atoms with Crippen LogP contribution in [0.25, 0.3) is 0 Å². The van der Waals surface area contributed by atoms with Crippen molar-refractivity contribution in [1.82, 2.24) is 0 Å². The van der Waals surface area contributed by atoms with Gasteiger partial charge in [0.05, 0.1) is 32.0 Å². The zero-order chi connectivity index (χ0) is 51.2. The van der Waals surface area contributed by atoms with E-state index in [1.165, 1.54) is 103 Å². The number of ether oxygens (including phenoxy) is 2. The minimum atomic E-state index is -4.90. The number of unbranched alkanes of at least 4 members (excludes halogenated alkanes) is 22. The van der Waals surface area contributed by atoms with Crippen LogP contribution in [-0.4, -0.2) is 98.6 Å². The van der Waals surface area contributed by atoms with E-state index in [2.05, 4.69) is 25.3 Å². The lowest BCUT2D eigenvalue weighted by atomic mass is 9.88. The van der Waals surface area contributed by atoms with Gasteiger partial charge in [0, 0.05) is 25.2 Å². The van der Waals surface area contributed by atoms with Crippen LogP contribution in [0.1, 0.15) is 226 Å². The first-order valence-corrected chi connectivity index (χ1v) is 29.9.